The lowest BCUT2D eigenvalue weighted by atomic mass is 10.2. The van der Waals surface area contributed by atoms with Crippen molar-refractivity contribution in [2.24, 2.45) is 0 Å². The highest BCUT2D eigenvalue weighted by Crippen LogP contribution is 2.22. The number of carbonyl (C=O) groups excluding carboxylic acids is 3. The van der Waals surface area contributed by atoms with Crippen LogP contribution in [0, 0.1) is 6.92 Å². The Bertz CT molecular complexity index is 877. The summed E-state index contributed by atoms with van der Waals surface area (Å²) in [6.07, 6.45) is 2.65. The molecule has 0 radical (unpaired) electrons. The van der Waals surface area contributed by atoms with Crippen LogP contribution in [0.2, 0.25) is 5.15 Å². The predicted octanol–water partition coefficient (Wildman–Crippen LogP) is 1.74. The number of hydrogen-bond donors (Lipinski definition) is 1. The Labute approximate surface area is 167 Å². The number of halogens is 1. The first-order valence-corrected chi connectivity index (χ1v) is 8.73. The van der Waals surface area contributed by atoms with Gasteiger partial charge in [-0.3, -0.25) is 9.59 Å². The van der Waals surface area contributed by atoms with Gasteiger partial charge in [0.15, 0.2) is 6.61 Å². The molecular weight excluding hydrogens is 386 g/mol. The van der Waals surface area contributed by atoms with Crippen LogP contribution in [0.25, 0.3) is 6.08 Å². The van der Waals surface area contributed by atoms with Crippen molar-refractivity contribution in [3.8, 4) is 0 Å². The van der Waals surface area contributed by atoms with E-state index in [4.69, 9.17) is 16.3 Å². The molecule has 148 valence electrons. The smallest absolute Gasteiger partial charge is 0.331 e. The zero-order valence-corrected chi connectivity index (χ0v) is 16.2. The molecule has 0 aliphatic heterocycles. The number of methoxy groups -OCH3 is 1. The lowest BCUT2D eigenvalue weighted by Crippen LogP contribution is -2.33. The third kappa shape index (κ3) is 6.24. The summed E-state index contributed by atoms with van der Waals surface area (Å²) in [5.74, 6) is -1.94. The van der Waals surface area contributed by atoms with Crippen LogP contribution in [0.1, 0.15) is 16.8 Å². The summed E-state index contributed by atoms with van der Waals surface area (Å²) in [6.45, 7) is 1.47. The normalized spacial score (nSPS) is 10.7. The fourth-order valence-corrected chi connectivity index (χ4v) is 2.55. The van der Waals surface area contributed by atoms with Crippen LogP contribution in [0.5, 0.6) is 0 Å². The van der Waals surface area contributed by atoms with E-state index >= 15 is 0 Å². The summed E-state index contributed by atoms with van der Waals surface area (Å²) in [5.41, 5.74) is 2.28. The molecular formula is C19H20ClN3O5. The molecule has 0 unspecified atom stereocenters. The number of nitrogens with zero attached hydrogens (tertiary/aromatic N) is 2. The maximum absolute atomic E-state index is 11.8. The van der Waals surface area contributed by atoms with Crippen LogP contribution in [0.4, 0.5) is 0 Å². The van der Waals surface area contributed by atoms with Gasteiger partial charge in [0.1, 0.15) is 11.7 Å². The number of ether oxygens (including phenoxy) is 2. The van der Waals surface area contributed by atoms with Crippen molar-refractivity contribution in [1.29, 1.82) is 0 Å². The second-order valence-corrected chi connectivity index (χ2v) is 6.09. The van der Waals surface area contributed by atoms with Gasteiger partial charge >= 0.3 is 11.9 Å². The van der Waals surface area contributed by atoms with E-state index in [0.717, 1.165) is 11.6 Å². The molecule has 1 N–H and O–H groups in total. The second-order valence-electron chi connectivity index (χ2n) is 5.73. The predicted molar refractivity (Wildman–Crippen MR) is 103 cm³/mol. The van der Waals surface area contributed by atoms with E-state index in [0.29, 0.717) is 23.0 Å². The van der Waals surface area contributed by atoms with E-state index in [9.17, 15) is 14.4 Å². The molecule has 0 bridgehead atoms. The topological polar surface area (TPSA) is 99.5 Å². The first-order chi connectivity index (χ1) is 13.4. The van der Waals surface area contributed by atoms with Crippen molar-refractivity contribution < 1.29 is 23.9 Å². The summed E-state index contributed by atoms with van der Waals surface area (Å²) in [5, 5.41) is 7.03. The van der Waals surface area contributed by atoms with Crippen molar-refractivity contribution >= 4 is 35.5 Å². The summed E-state index contributed by atoms with van der Waals surface area (Å²) in [6, 6.07) is 9.71. The minimum absolute atomic E-state index is 0.294. The Morgan fingerprint density at radius 3 is 2.64 bits per heavy atom. The SMILES string of the molecule is COC(=O)CNC(=O)COC(=O)/C=C/c1c(C)nn(Cc2ccccc2)c1Cl. The molecule has 2 rings (SSSR count). The van der Waals surface area contributed by atoms with Gasteiger partial charge in [0, 0.05) is 11.6 Å². The number of hydrogen-bond acceptors (Lipinski definition) is 6. The van der Waals surface area contributed by atoms with Gasteiger partial charge in [0.05, 0.1) is 19.3 Å². The number of aryl methyl sites for hydroxylation is 1. The third-order valence-corrected chi connectivity index (χ3v) is 4.07. The van der Waals surface area contributed by atoms with Gasteiger partial charge in [0.25, 0.3) is 5.91 Å². The fourth-order valence-electron chi connectivity index (χ4n) is 2.25. The average molecular weight is 406 g/mol. The maximum Gasteiger partial charge on any atom is 0.331 e. The molecule has 1 amide bonds. The van der Waals surface area contributed by atoms with Crippen molar-refractivity contribution in [1.82, 2.24) is 15.1 Å². The highest BCUT2D eigenvalue weighted by atomic mass is 35.5. The molecule has 0 spiro atoms. The van der Waals surface area contributed by atoms with E-state index < -0.39 is 24.5 Å². The van der Waals surface area contributed by atoms with Crippen LogP contribution in [0.3, 0.4) is 0 Å². The Morgan fingerprint density at radius 1 is 1.25 bits per heavy atom. The maximum atomic E-state index is 11.8. The molecule has 1 heterocycles. The molecule has 0 aliphatic rings. The number of benzene rings is 1. The molecule has 28 heavy (non-hydrogen) atoms. The highest BCUT2D eigenvalue weighted by molar-refractivity contribution is 6.31. The summed E-state index contributed by atoms with van der Waals surface area (Å²) in [7, 11) is 1.20. The summed E-state index contributed by atoms with van der Waals surface area (Å²) in [4.78, 5) is 34.2. The number of aromatic nitrogens is 2. The van der Waals surface area contributed by atoms with E-state index in [1.165, 1.54) is 13.2 Å². The van der Waals surface area contributed by atoms with E-state index in [1.54, 1.807) is 11.6 Å². The molecule has 2 aromatic rings. The van der Waals surface area contributed by atoms with Crippen molar-refractivity contribution in [3.05, 3.63) is 58.4 Å². The number of nitrogens with one attached hydrogen (secondary N) is 1. The van der Waals surface area contributed by atoms with Crippen LogP contribution in [0.15, 0.2) is 36.4 Å². The van der Waals surface area contributed by atoms with Crippen LogP contribution in [-0.2, 0) is 30.4 Å². The van der Waals surface area contributed by atoms with Gasteiger partial charge in [-0.25, -0.2) is 9.48 Å². The zero-order valence-electron chi connectivity index (χ0n) is 15.5. The molecule has 0 fully saturated rings. The van der Waals surface area contributed by atoms with Gasteiger partial charge in [0.2, 0.25) is 0 Å². The van der Waals surface area contributed by atoms with Gasteiger partial charge in [-0.15, -0.1) is 0 Å². The van der Waals surface area contributed by atoms with Crippen molar-refractivity contribution in [2.75, 3.05) is 20.3 Å². The molecule has 9 heteroatoms. The van der Waals surface area contributed by atoms with E-state index in [2.05, 4.69) is 15.2 Å². The van der Waals surface area contributed by atoms with Gasteiger partial charge in [-0.05, 0) is 18.6 Å². The Morgan fingerprint density at radius 2 is 1.96 bits per heavy atom. The molecule has 1 aromatic carbocycles. The molecule has 8 nitrogen and oxygen atoms in total. The first-order valence-electron chi connectivity index (χ1n) is 8.36. The highest BCUT2D eigenvalue weighted by Gasteiger charge is 2.12. The standard InChI is InChI=1S/C19H20ClN3O5/c1-13-15(19(20)23(22-13)11-14-6-4-3-5-7-14)8-9-17(25)28-12-16(24)21-10-18(26)27-2/h3-9H,10-12H2,1-2H3,(H,21,24)/b9-8+. The minimum atomic E-state index is -0.723. The van der Waals surface area contributed by atoms with E-state index in [-0.39, 0.29) is 6.54 Å². The van der Waals surface area contributed by atoms with E-state index in [1.807, 2.05) is 30.3 Å². The molecule has 0 saturated heterocycles. The first kappa shape index (κ1) is 21.2. The van der Waals surface area contributed by atoms with Gasteiger partial charge in [-0.1, -0.05) is 41.9 Å². The van der Waals surface area contributed by atoms with Crippen molar-refractivity contribution in [2.45, 2.75) is 13.5 Å². The van der Waals surface area contributed by atoms with Crippen LogP contribution < -0.4 is 5.32 Å². The summed E-state index contributed by atoms with van der Waals surface area (Å²) >= 11 is 6.36. The Balaban J connectivity index is 1.91. The minimum Gasteiger partial charge on any atom is -0.468 e. The van der Waals surface area contributed by atoms with Crippen LogP contribution >= 0.6 is 11.6 Å². The van der Waals surface area contributed by atoms with Crippen LogP contribution in [-0.4, -0.2) is 47.9 Å². The zero-order chi connectivity index (χ0) is 20.5. The molecule has 1 aromatic heterocycles. The third-order valence-electron chi connectivity index (χ3n) is 3.67. The quantitative estimate of drug-likeness (QED) is 0.530. The lowest BCUT2D eigenvalue weighted by Gasteiger charge is -2.04. The lowest BCUT2D eigenvalue weighted by molar-refractivity contribution is -0.145. The monoisotopic (exact) mass is 405 g/mol. The number of amides is 1. The molecule has 0 atom stereocenters. The summed E-state index contributed by atoms with van der Waals surface area (Å²) < 4.78 is 10.8. The Kier molecular flexibility index (Phi) is 7.76. The Hall–Kier alpha value is -3.13. The molecule has 0 aliphatic carbocycles. The number of carbonyl (C=O) groups is 3. The fraction of sp³-hybridized carbons (Fsp3) is 0.263. The average Bonchev–Trinajstić information content (AvgIpc) is 2.96. The number of rotatable bonds is 8. The van der Waals surface area contributed by atoms with Gasteiger partial charge in [-0.2, -0.15) is 5.10 Å². The number of esters is 2. The van der Waals surface area contributed by atoms with Crippen molar-refractivity contribution in [3.63, 3.8) is 0 Å². The van der Waals surface area contributed by atoms with Gasteiger partial charge < -0.3 is 14.8 Å². The molecule has 0 saturated carbocycles. The second kappa shape index (κ2) is 10.3. The largest absolute Gasteiger partial charge is 0.468 e.